The van der Waals surface area contributed by atoms with Gasteiger partial charge < -0.3 is 10.3 Å². The molecular formula is C19H21FN4O. The van der Waals surface area contributed by atoms with E-state index in [0.29, 0.717) is 29.1 Å². The highest BCUT2D eigenvalue weighted by Crippen LogP contribution is 2.27. The zero-order valence-electron chi connectivity index (χ0n) is 14.2. The molecule has 3 heterocycles. The Morgan fingerprint density at radius 1 is 1.28 bits per heavy atom. The van der Waals surface area contributed by atoms with Gasteiger partial charge in [0, 0.05) is 23.4 Å². The summed E-state index contributed by atoms with van der Waals surface area (Å²) in [6, 6.07) is 7.11. The van der Waals surface area contributed by atoms with Crippen LogP contribution in [0.3, 0.4) is 0 Å². The number of benzene rings is 1. The predicted molar refractivity (Wildman–Crippen MR) is 96.3 cm³/mol. The highest BCUT2D eigenvalue weighted by molar-refractivity contribution is 5.84. The number of fused-ring (bicyclic) bond motifs is 1. The Balaban J connectivity index is 1.75. The molecule has 0 atom stereocenters. The van der Waals surface area contributed by atoms with Gasteiger partial charge >= 0.3 is 0 Å². The fourth-order valence-corrected chi connectivity index (χ4v) is 3.65. The van der Waals surface area contributed by atoms with Crippen molar-refractivity contribution in [1.29, 1.82) is 0 Å². The van der Waals surface area contributed by atoms with Crippen LogP contribution < -0.4 is 10.9 Å². The Labute approximate surface area is 144 Å². The van der Waals surface area contributed by atoms with Crippen LogP contribution in [0.5, 0.6) is 0 Å². The number of nitrogens with zero attached hydrogens (tertiary/aromatic N) is 2. The molecule has 1 aliphatic rings. The van der Waals surface area contributed by atoms with E-state index < -0.39 is 0 Å². The summed E-state index contributed by atoms with van der Waals surface area (Å²) >= 11 is 0. The lowest BCUT2D eigenvalue weighted by molar-refractivity contribution is 0.458. The Morgan fingerprint density at radius 2 is 2.08 bits per heavy atom. The first-order valence-corrected chi connectivity index (χ1v) is 8.76. The number of H-pyrrole nitrogens is 1. The lowest BCUT2D eigenvalue weighted by atomic mass is 9.91. The van der Waals surface area contributed by atoms with Gasteiger partial charge in [0.1, 0.15) is 5.82 Å². The number of rotatable bonds is 3. The van der Waals surface area contributed by atoms with Crippen molar-refractivity contribution in [2.45, 2.75) is 32.2 Å². The summed E-state index contributed by atoms with van der Waals surface area (Å²) in [6.45, 7) is 4.51. The van der Waals surface area contributed by atoms with Crippen LogP contribution in [0.1, 0.15) is 31.2 Å². The molecule has 1 fully saturated rings. The van der Waals surface area contributed by atoms with Crippen molar-refractivity contribution in [2.24, 2.45) is 0 Å². The number of pyridine rings is 1. The van der Waals surface area contributed by atoms with Crippen molar-refractivity contribution in [1.82, 2.24) is 20.1 Å². The minimum Gasteiger partial charge on any atom is -0.322 e. The van der Waals surface area contributed by atoms with Crippen molar-refractivity contribution >= 4 is 10.9 Å². The van der Waals surface area contributed by atoms with Gasteiger partial charge in [0.15, 0.2) is 0 Å². The van der Waals surface area contributed by atoms with Crippen LogP contribution in [0.15, 0.2) is 35.3 Å². The van der Waals surface area contributed by atoms with Crippen LogP contribution in [-0.2, 0) is 6.54 Å². The van der Waals surface area contributed by atoms with E-state index in [1.54, 1.807) is 10.9 Å². The molecule has 0 bridgehead atoms. The summed E-state index contributed by atoms with van der Waals surface area (Å²) in [4.78, 5) is 15.5. The summed E-state index contributed by atoms with van der Waals surface area (Å²) in [5, 5.41) is 8.01. The molecule has 0 unspecified atom stereocenters. The second-order valence-electron chi connectivity index (χ2n) is 6.53. The first-order valence-electron chi connectivity index (χ1n) is 8.76. The van der Waals surface area contributed by atoms with E-state index >= 15 is 0 Å². The summed E-state index contributed by atoms with van der Waals surface area (Å²) < 4.78 is 16.2. The Kier molecular flexibility index (Phi) is 4.13. The topological polar surface area (TPSA) is 62.7 Å². The number of hydrogen-bond donors (Lipinski definition) is 2. The summed E-state index contributed by atoms with van der Waals surface area (Å²) in [6.07, 6.45) is 3.48. The molecule has 0 radical (unpaired) electrons. The minimum atomic E-state index is -0.324. The molecule has 0 saturated carbocycles. The monoisotopic (exact) mass is 340 g/mol. The quantitative estimate of drug-likeness (QED) is 0.770. The van der Waals surface area contributed by atoms with Crippen LogP contribution in [0.25, 0.3) is 22.2 Å². The van der Waals surface area contributed by atoms with Crippen molar-refractivity contribution in [2.75, 3.05) is 13.1 Å². The maximum atomic E-state index is 14.4. The van der Waals surface area contributed by atoms with Crippen LogP contribution in [0, 0.1) is 5.82 Å². The van der Waals surface area contributed by atoms with E-state index in [2.05, 4.69) is 15.4 Å². The number of nitrogens with one attached hydrogen (secondary N) is 2. The van der Waals surface area contributed by atoms with Crippen molar-refractivity contribution < 1.29 is 4.39 Å². The van der Waals surface area contributed by atoms with E-state index in [-0.39, 0.29) is 11.4 Å². The van der Waals surface area contributed by atoms with Gasteiger partial charge in [0.25, 0.3) is 5.56 Å². The minimum absolute atomic E-state index is 0.0751. The molecule has 6 heteroatoms. The maximum absolute atomic E-state index is 14.4. The molecule has 3 aromatic rings. The number of halogens is 1. The molecular weight excluding hydrogens is 319 g/mol. The van der Waals surface area contributed by atoms with Gasteiger partial charge in [0.2, 0.25) is 0 Å². The Morgan fingerprint density at radius 3 is 2.80 bits per heavy atom. The molecule has 130 valence electrons. The van der Waals surface area contributed by atoms with Gasteiger partial charge in [-0.05, 0) is 57.0 Å². The second kappa shape index (κ2) is 6.44. The van der Waals surface area contributed by atoms with Crippen molar-refractivity contribution in [3.8, 4) is 11.3 Å². The molecule has 5 nitrogen and oxygen atoms in total. The fourth-order valence-electron chi connectivity index (χ4n) is 3.65. The average Bonchev–Trinajstić information content (AvgIpc) is 3.06. The lowest BCUT2D eigenvalue weighted by Crippen LogP contribution is -2.29. The summed E-state index contributed by atoms with van der Waals surface area (Å²) in [5.74, 6) is -0.0322. The average molecular weight is 340 g/mol. The van der Waals surface area contributed by atoms with Gasteiger partial charge in [-0.2, -0.15) is 5.10 Å². The van der Waals surface area contributed by atoms with Gasteiger partial charge in [-0.25, -0.2) is 4.39 Å². The summed E-state index contributed by atoms with van der Waals surface area (Å²) in [5.41, 5.74) is 2.78. The molecule has 2 aromatic heterocycles. The van der Waals surface area contributed by atoms with Gasteiger partial charge in [-0.15, -0.1) is 0 Å². The van der Waals surface area contributed by atoms with Crippen molar-refractivity contribution in [3.05, 3.63) is 52.2 Å². The zero-order valence-corrected chi connectivity index (χ0v) is 14.2. The number of piperidine rings is 1. The van der Waals surface area contributed by atoms with E-state index in [1.165, 1.54) is 6.07 Å². The van der Waals surface area contributed by atoms with Crippen LogP contribution >= 0.6 is 0 Å². The normalized spacial score (nSPS) is 15.8. The lowest BCUT2D eigenvalue weighted by Gasteiger charge is -2.22. The van der Waals surface area contributed by atoms with Crippen LogP contribution in [-0.4, -0.2) is 27.9 Å². The standard InChI is InChI=1S/C19H21FN4O/c1-2-24-18-10-13(9-16(20)15(18)11-22-24)17-4-3-14(19(25)23-17)12-5-7-21-8-6-12/h3-4,9-12,21H,2,5-8H2,1H3,(H,23,25). The molecule has 1 aliphatic heterocycles. The maximum Gasteiger partial charge on any atom is 0.251 e. The second-order valence-corrected chi connectivity index (χ2v) is 6.53. The van der Waals surface area contributed by atoms with E-state index in [1.807, 2.05) is 25.1 Å². The number of hydrogen-bond acceptors (Lipinski definition) is 3. The Bertz CT molecular complexity index is 969. The molecule has 0 aliphatic carbocycles. The zero-order chi connectivity index (χ0) is 17.4. The van der Waals surface area contributed by atoms with Gasteiger partial charge in [-0.3, -0.25) is 9.48 Å². The van der Waals surface area contributed by atoms with E-state index in [9.17, 15) is 9.18 Å². The van der Waals surface area contributed by atoms with Gasteiger partial charge in [-0.1, -0.05) is 6.07 Å². The van der Waals surface area contributed by atoms with E-state index in [0.717, 1.165) is 37.0 Å². The molecule has 4 rings (SSSR count). The number of aromatic amines is 1. The smallest absolute Gasteiger partial charge is 0.251 e. The molecule has 1 aromatic carbocycles. The molecule has 2 N–H and O–H groups in total. The van der Waals surface area contributed by atoms with Crippen LogP contribution in [0.2, 0.25) is 0 Å². The predicted octanol–water partition coefficient (Wildman–Crippen LogP) is 3.02. The highest BCUT2D eigenvalue weighted by Gasteiger charge is 2.18. The largest absolute Gasteiger partial charge is 0.322 e. The van der Waals surface area contributed by atoms with Crippen LogP contribution in [0.4, 0.5) is 4.39 Å². The fraction of sp³-hybridized carbons (Fsp3) is 0.368. The molecule has 0 amide bonds. The third kappa shape index (κ3) is 2.87. The Hall–Kier alpha value is -2.47. The molecule has 1 saturated heterocycles. The van der Waals surface area contributed by atoms with E-state index in [4.69, 9.17) is 0 Å². The van der Waals surface area contributed by atoms with Crippen molar-refractivity contribution in [3.63, 3.8) is 0 Å². The summed E-state index contributed by atoms with van der Waals surface area (Å²) in [7, 11) is 0. The first-order chi connectivity index (χ1) is 12.2. The molecule has 25 heavy (non-hydrogen) atoms. The SMILES string of the molecule is CCn1ncc2c(F)cc(-c3ccc(C4CCNCC4)c(=O)[nH]3)cc21. The third-order valence-corrected chi connectivity index (χ3v) is 5.04. The third-order valence-electron chi connectivity index (χ3n) is 5.04. The van der Waals surface area contributed by atoms with Gasteiger partial charge in [0.05, 0.1) is 17.1 Å². The number of aromatic nitrogens is 3. The highest BCUT2D eigenvalue weighted by atomic mass is 19.1. The first kappa shape index (κ1) is 16.0. The molecule has 0 spiro atoms. The number of aryl methyl sites for hydroxylation is 1.